The van der Waals surface area contributed by atoms with Crippen LogP contribution < -0.4 is 11.5 Å². The monoisotopic (exact) mass is 336 g/mol. The third-order valence-corrected chi connectivity index (χ3v) is 6.85. The maximum absolute atomic E-state index is 12.9. The highest BCUT2D eigenvalue weighted by Gasteiger charge is 2.68. The van der Waals surface area contributed by atoms with E-state index in [0.29, 0.717) is 5.02 Å². The topological polar surface area (TPSA) is 86.2 Å². The normalized spacial score (nSPS) is 27.6. The molecule has 6 heteroatoms. The number of rotatable bonds is 4. The van der Waals surface area contributed by atoms with Crippen molar-refractivity contribution >= 4 is 21.4 Å². The molecule has 0 aromatic heterocycles. The second-order valence-corrected chi connectivity index (χ2v) is 8.13. The first kappa shape index (κ1) is 15.5. The molecule has 0 bridgehead atoms. The predicted octanol–water partition coefficient (Wildman–Crippen LogP) is 1.94. The van der Waals surface area contributed by atoms with Crippen molar-refractivity contribution in [2.45, 2.75) is 21.6 Å². The van der Waals surface area contributed by atoms with Gasteiger partial charge in [-0.25, -0.2) is 8.42 Å². The average molecular weight is 337 g/mol. The first-order valence-electron chi connectivity index (χ1n) is 6.94. The van der Waals surface area contributed by atoms with Crippen LogP contribution in [0.1, 0.15) is 11.5 Å². The molecular formula is C16H17ClN2O2S. The van der Waals surface area contributed by atoms with Crippen molar-refractivity contribution in [3.05, 3.63) is 65.2 Å². The van der Waals surface area contributed by atoms with Gasteiger partial charge in [0.25, 0.3) is 0 Å². The number of sulfone groups is 1. The van der Waals surface area contributed by atoms with E-state index in [9.17, 15) is 8.42 Å². The van der Waals surface area contributed by atoms with Gasteiger partial charge in [-0.3, -0.25) is 0 Å². The van der Waals surface area contributed by atoms with E-state index in [4.69, 9.17) is 23.1 Å². The SMILES string of the molecule is NC[C@@]1(N)[C@H](c2ccccc2)[C@@H]1S(=O)(=O)c1ccc(Cl)cc1. The first-order chi connectivity index (χ1) is 10.4. The summed E-state index contributed by atoms with van der Waals surface area (Å²) in [6.45, 7) is 0.115. The lowest BCUT2D eigenvalue weighted by Crippen LogP contribution is -2.39. The molecule has 0 radical (unpaired) electrons. The van der Waals surface area contributed by atoms with Gasteiger partial charge in [-0.15, -0.1) is 0 Å². The summed E-state index contributed by atoms with van der Waals surface area (Å²) in [6.07, 6.45) is 0. The van der Waals surface area contributed by atoms with Crippen molar-refractivity contribution in [2.75, 3.05) is 6.54 Å². The summed E-state index contributed by atoms with van der Waals surface area (Å²) in [7, 11) is -3.56. The number of nitrogens with two attached hydrogens (primary N) is 2. The van der Waals surface area contributed by atoms with Crippen molar-refractivity contribution in [3.63, 3.8) is 0 Å². The molecule has 3 atom stereocenters. The molecule has 3 rings (SSSR count). The Morgan fingerprint density at radius 2 is 1.64 bits per heavy atom. The van der Waals surface area contributed by atoms with Gasteiger partial charge in [0.15, 0.2) is 9.84 Å². The third kappa shape index (κ3) is 2.34. The Kier molecular flexibility index (Phi) is 3.77. The van der Waals surface area contributed by atoms with Crippen LogP contribution in [-0.2, 0) is 9.84 Å². The molecule has 4 N–H and O–H groups in total. The average Bonchev–Trinajstić information content (AvgIpc) is 3.16. The van der Waals surface area contributed by atoms with Crippen molar-refractivity contribution in [1.82, 2.24) is 0 Å². The van der Waals surface area contributed by atoms with Gasteiger partial charge in [0, 0.05) is 17.5 Å². The zero-order chi connectivity index (χ0) is 16.0. The number of hydrogen-bond donors (Lipinski definition) is 2. The van der Waals surface area contributed by atoms with E-state index >= 15 is 0 Å². The molecule has 0 amide bonds. The minimum Gasteiger partial charge on any atom is -0.329 e. The van der Waals surface area contributed by atoms with Crippen LogP contribution in [0.2, 0.25) is 5.02 Å². The minimum atomic E-state index is -3.56. The summed E-state index contributed by atoms with van der Waals surface area (Å²) in [5.74, 6) is -0.292. The molecule has 2 aromatic rings. The molecule has 0 spiro atoms. The molecule has 2 aromatic carbocycles. The zero-order valence-corrected chi connectivity index (χ0v) is 13.4. The lowest BCUT2D eigenvalue weighted by Gasteiger charge is -2.09. The Hall–Kier alpha value is -1.40. The molecule has 1 aliphatic carbocycles. The number of benzene rings is 2. The van der Waals surface area contributed by atoms with Gasteiger partial charge in [-0.2, -0.15) is 0 Å². The van der Waals surface area contributed by atoms with Crippen molar-refractivity contribution in [2.24, 2.45) is 11.5 Å². The summed E-state index contributed by atoms with van der Waals surface area (Å²) in [5, 5.41) is -0.222. The van der Waals surface area contributed by atoms with Crippen LogP contribution in [0.5, 0.6) is 0 Å². The second kappa shape index (κ2) is 5.35. The molecular weight excluding hydrogens is 320 g/mol. The molecule has 1 saturated carbocycles. The van der Waals surface area contributed by atoms with E-state index in [1.807, 2.05) is 30.3 Å². The minimum absolute atomic E-state index is 0.115. The molecule has 0 aliphatic heterocycles. The fraction of sp³-hybridized carbons (Fsp3) is 0.250. The fourth-order valence-corrected chi connectivity index (χ4v) is 5.50. The Bertz CT molecular complexity index is 778. The van der Waals surface area contributed by atoms with Crippen molar-refractivity contribution in [1.29, 1.82) is 0 Å². The van der Waals surface area contributed by atoms with Crippen LogP contribution in [-0.4, -0.2) is 25.8 Å². The molecule has 116 valence electrons. The summed E-state index contributed by atoms with van der Waals surface area (Å²) < 4.78 is 25.8. The lowest BCUT2D eigenvalue weighted by atomic mass is 10.1. The summed E-state index contributed by atoms with van der Waals surface area (Å²) >= 11 is 5.83. The van der Waals surface area contributed by atoms with Gasteiger partial charge in [0.1, 0.15) is 0 Å². The van der Waals surface area contributed by atoms with Crippen LogP contribution in [0.25, 0.3) is 0 Å². The molecule has 1 aliphatic rings. The quantitative estimate of drug-likeness (QED) is 0.893. The van der Waals surface area contributed by atoms with Crippen LogP contribution >= 0.6 is 11.6 Å². The van der Waals surface area contributed by atoms with E-state index in [1.165, 1.54) is 12.1 Å². The highest BCUT2D eigenvalue weighted by atomic mass is 35.5. The zero-order valence-electron chi connectivity index (χ0n) is 11.8. The van der Waals surface area contributed by atoms with Gasteiger partial charge in [-0.05, 0) is 29.8 Å². The molecule has 4 nitrogen and oxygen atoms in total. The van der Waals surface area contributed by atoms with E-state index < -0.39 is 20.6 Å². The van der Waals surface area contributed by atoms with Gasteiger partial charge in [0.05, 0.1) is 15.7 Å². The van der Waals surface area contributed by atoms with Crippen molar-refractivity contribution < 1.29 is 8.42 Å². The van der Waals surface area contributed by atoms with E-state index in [2.05, 4.69) is 0 Å². The van der Waals surface area contributed by atoms with E-state index in [1.54, 1.807) is 12.1 Å². The predicted molar refractivity (Wildman–Crippen MR) is 87.6 cm³/mol. The molecule has 0 unspecified atom stereocenters. The second-order valence-electron chi connectivity index (χ2n) is 5.62. The molecule has 0 saturated heterocycles. The summed E-state index contributed by atoms with van der Waals surface area (Å²) in [4.78, 5) is 0.226. The first-order valence-corrected chi connectivity index (χ1v) is 8.87. The molecule has 0 heterocycles. The molecule has 1 fully saturated rings. The third-order valence-electron chi connectivity index (χ3n) is 4.29. The Labute approximate surface area is 135 Å². The number of hydrogen-bond acceptors (Lipinski definition) is 4. The fourth-order valence-electron chi connectivity index (χ4n) is 3.05. The van der Waals surface area contributed by atoms with E-state index in [-0.39, 0.29) is 17.4 Å². The summed E-state index contributed by atoms with van der Waals surface area (Å²) in [5.41, 5.74) is 12.0. The highest BCUT2D eigenvalue weighted by Crippen LogP contribution is 2.55. The highest BCUT2D eigenvalue weighted by molar-refractivity contribution is 7.92. The maximum Gasteiger partial charge on any atom is 0.183 e. The maximum atomic E-state index is 12.9. The van der Waals surface area contributed by atoms with Crippen molar-refractivity contribution in [3.8, 4) is 0 Å². The van der Waals surface area contributed by atoms with Gasteiger partial charge >= 0.3 is 0 Å². The van der Waals surface area contributed by atoms with Crippen LogP contribution in [0.4, 0.5) is 0 Å². The van der Waals surface area contributed by atoms with Gasteiger partial charge in [-0.1, -0.05) is 41.9 Å². The van der Waals surface area contributed by atoms with Crippen LogP contribution in [0.3, 0.4) is 0 Å². The Morgan fingerprint density at radius 1 is 1.05 bits per heavy atom. The van der Waals surface area contributed by atoms with Crippen LogP contribution in [0, 0.1) is 0 Å². The van der Waals surface area contributed by atoms with Gasteiger partial charge < -0.3 is 11.5 Å². The molecule has 22 heavy (non-hydrogen) atoms. The summed E-state index contributed by atoms with van der Waals surface area (Å²) in [6, 6.07) is 15.6. The van der Waals surface area contributed by atoms with Crippen LogP contribution in [0.15, 0.2) is 59.5 Å². The van der Waals surface area contributed by atoms with Gasteiger partial charge in [0.2, 0.25) is 0 Å². The standard InChI is InChI=1S/C16H17ClN2O2S/c17-12-6-8-13(9-7-12)22(20,21)15-14(16(15,19)10-18)11-4-2-1-3-5-11/h1-9,14-15H,10,18-19H2/t14-,15+,16-/m1/s1. The van der Waals surface area contributed by atoms with E-state index in [0.717, 1.165) is 5.56 Å². The lowest BCUT2D eigenvalue weighted by molar-refractivity contribution is 0.586. The Balaban J connectivity index is 2.01. The number of halogens is 1. The smallest absolute Gasteiger partial charge is 0.183 e. The largest absolute Gasteiger partial charge is 0.329 e. The Morgan fingerprint density at radius 3 is 2.18 bits per heavy atom.